The Morgan fingerprint density at radius 3 is 2.64 bits per heavy atom. The maximum atomic E-state index is 12.6. The molecule has 2 fully saturated rings. The van der Waals surface area contributed by atoms with Gasteiger partial charge in [0.25, 0.3) is 5.91 Å². The molecule has 0 saturated carbocycles. The number of carbonyl (C=O) groups is 2. The lowest BCUT2D eigenvalue weighted by Gasteiger charge is -2.42. The molecule has 2 aliphatic rings. The zero-order valence-corrected chi connectivity index (χ0v) is 13.6. The van der Waals surface area contributed by atoms with E-state index in [1.165, 1.54) is 0 Å². The molecule has 0 aromatic carbocycles. The van der Waals surface area contributed by atoms with Crippen LogP contribution in [0.15, 0.2) is 12.3 Å². The number of aryl methyl sites for hydroxylation is 1. The number of likely N-dealkylation sites (tertiary alicyclic amines) is 1. The maximum Gasteiger partial charge on any atom is 0.272 e. The fourth-order valence-electron chi connectivity index (χ4n) is 3.27. The molecule has 120 valence electrons. The molecule has 1 atom stereocenters. The van der Waals surface area contributed by atoms with Crippen LogP contribution in [0, 0.1) is 0 Å². The normalized spacial score (nSPS) is 24.3. The molecule has 3 heterocycles. The lowest BCUT2D eigenvalue weighted by Crippen LogP contribution is -2.54. The highest BCUT2D eigenvalue weighted by atomic mass is 32.2. The predicted octanol–water partition coefficient (Wildman–Crippen LogP) is 0.0560. The molecular formula is C14H20N4O3S. The Morgan fingerprint density at radius 1 is 1.41 bits per heavy atom. The number of nitrogens with zero attached hydrogens (tertiary/aromatic N) is 4. The standard InChI is InChI=1S/C14H20N4O3S/c1-3-18-11(4-7-15-18)13(20)17-8-5-14(6-9-17)16(2)12(19)10-22(14)21/h4,7H,3,5-6,8-10H2,1-2H3. The van der Waals surface area contributed by atoms with Crippen molar-refractivity contribution in [2.75, 3.05) is 25.9 Å². The average Bonchev–Trinajstić information content (AvgIpc) is 3.08. The van der Waals surface area contributed by atoms with Crippen molar-refractivity contribution in [3.8, 4) is 0 Å². The van der Waals surface area contributed by atoms with Gasteiger partial charge in [-0.05, 0) is 13.0 Å². The molecule has 1 aromatic heterocycles. The Kier molecular flexibility index (Phi) is 3.80. The number of amides is 2. The summed E-state index contributed by atoms with van der Waals surface area (Å²) in [4.78, 5) is 27.2. The molecule has 1 spiro atoms. The maximum absolute atomic E-state index is 12.6. The second kappa shape index (κ2) is 5.49. The Bertz CT molecular complexity index is 634. The van der Waals surface area contributed by atoms with Crippen molar-refractivity contribution in [2.45, 2.75) is 31.2 Å². The summed E-state index contributed by atoms with van der Waals surface area (Å²) in [6.45, 7) is 3.61. The third kappa shape index (κ3) is 2.16. The molecule has 7 nitrogen and oxygen atoms in total. The minimum atomic E-state index is -1.18. The third-order valence-corrected chi connectivity index (χ3v) is 6.77. The van der Waals surface area contributed by atoms with Gasteiger partial charge in [0.15, 0.2) is 0 Å². The zero-order valence-electron chi connectivity index (χ0n) is 12.8. The van der Waals surface area contributed by atoms with E-state index in [2.05, 4.69) is 5.10 Å². The van der Waals surface area contributed by atoms with E-state index in [0.717, 1.165) is 0 Å². The van der Waals surface area contributed by atoms with Crippen molar-refractivity contribution in [1.29, 1.82) is 0 Å². The van der Waals surface area contributed by atoms with Gasteiger partial charge in [-0.25, -0.2) is 0 Å². The smallest absolute Gasteiger partial charge is 0.272 e. The van der Waals surface area contributed by atoms with E-state index in [-0.39, 0.29) is 17.6 Å². The molecule has 3 rings (SSSR count). The van der Waals surface area contributed by atoms with Crippen molar-refractivity contribution in [1.82, 2.24) is 19.6 Å². The number of carbonyl (C=O) groups excluding carboxylic acids is 2. The summed E-state index contributed by atoms with van der Waals surface area (Å²) in [6, 6.07) is 1.72. The van der Waals surface area contributed by atoms with Crippen LogP contribution in [-0.4, -0.2) is 66.4 Å². The van der Waals surface area contributed by atoms with Crippen molar-refractivity contribution in [3.05, 3.63) is 18.0 Å². The largest absolute Gasteiger partial charge is 0.337 e. The molecule has 0 bridgehead atoms. The molecule has 2 amide bonds. The third-order valence-electron chi connectivity index (χ3n) is 4.73. The highest BCUT2D eigenvalue weighted by Crippen LogP contribution is 2.36. The summed E-state index contributed by atoms with van der Waals surface area (Å²) in [5, 5.41) is 4.12. The van der Waals surface area contributed by atoms with Crippen LogP contribution in [0.3, 0.4) is 0 Å². The highest BCUT2D eigenvalue weighted by molar-refractivity contribution is 7.87. The van der Waals surface area contributed by atoms with Crippen molar-refractivity contribution >= 4 is 22.6 Å². The molecule has 22 heavy (non-hydrogen) atoms. The quantitative estimate of drug-likeness (QED) is 0.771. The van der Waals surface area contributed by atoms with Crippen molar-refractivity contribution in [2.24, 2.45) is 0 Å². The minimum Gasteiger partial charge on any atom is -0.337 e. The monoisotopic (exact) mass is 324 g/mol. The fourth-order valence-corrected chi connectivity index (χ4v) is 5.01. The number of hydrogen-bond acceptors (Lipinski definition) is 4. The van der Waals surface area contributed by atoms with Crippen LogP contribution >= 0.6 is 0 Å². The van der Waals surface area contributed by atoms with Gasteiger partial charge >= 0.3 is 0 Å². The van der Waals surface area contributed by atoms with Crippen LogP contribution in [-0.2, 0) is 22.1 Å². The number of piperidine rings is 1. The average molecular weight is 324 g/mol. The summed E-state index contributed by atoms with van der Waals surface area (Å²) >= 11 is 0. The topological polar surface area (TPSA) is 75.5 Å². The molecule has 8 heteroatoms. The van der Waals surface area contributed by atoms with Gasteiger partial charge in [0.2, 0.25) is 5.91 Å². The van der Waals surface area contributed by atoms with Gasteiger partial charge in [-0.2, -0.15) is 5.10 Å². The fraction of sp³-hybridized carbons (Fsp3) is 0.643. The zero-order chi connectivity index (χ0) is 15.9. The lowest BCUT2D eigenvalue weighted by molar-refractivity contribution is -0.129. The first-order valence-electron chi connectivity index (χ1n) is 7.46. The van der Waals surface area contributed by atoms with Gasteiger partial charge in [0.1, 0.15) is 16.3 Å². The number of hydrogen-bond donors (Lipinski definition) is 0. The second-order valence-electron chi connectivity index (χ2n) is 5.71. The summed E-state index contributed by atoms with van der Waals surface area (Å²) in [5.74, 6) is -0.0123. The van der Waals surface area contributed by atoms with Crippen LogP contribution in [0.25, 0.3) is 0 Å². The Hall–Kier alpha value is -1.70. The molecule has 0 N–H and O–H groups in total. The number of rotatable bonds is 2. The van der Waals surface area contributed by atoms with Gasteiger partial charge in [-0.15, -0.1) is 0 Å². The van der Waals surface area contributed by atoms with Crippen molar-refractivity contribution in [3.63, 3.8) is 0 Å². The van der Waals surface area contributed by atoms with E-state index >= 15 is 0 Å². The predicted molar refractivity (Wildman–Crippen MR) is 81.5 cm³/mol. The molecule has 1 unspecified atom stereocenters. The van der Waals surface area contributed by atoms with Gasteiger partial charge < -0.3 is 9.80 Å². The minimum absolute atomic E-state index is 0.0491. The summed E-state index contributed by atoms with van der Waals surface area (Å²) in [5.41, 5.74) is 0.579. The van der Waals surface area contributed by atoms with E-state index in [0.29, 0.717) is 38.2 Å². The van der Waals surface area contributed by atoms with E-state index < -0.39 is 15.7 Å². The van der Waals surface area contributed by atoms with Gasteiger partial charge in [0, 0.05) is 45.7 Å². The van der Waals surface area contributed by atoms with Gasteiger partial charge in [-0.1, -0.05) is 0 Å². The summed E-state index contributed by atoms with van der Waals surface area (Å²) in [6.07, 6.45) is 2.75. The molecule has 1 aromatic rings. The van der Waals surface area contributed by atoms with Crippen molar-refractivity contribution < 1.29 is 13.8 Å². The molecule has 0 radical (unpaired) electrons. The molecular weight excluding hydrogens is 304 g/mol. The Morgan fingerprint density at radius 2 is 2.09 bits per heavy atom. The van der Waals surface area contributed by atoms with Crippen LogP contribution in [0.2, 0.25) is 0 Å². The molecule has 2 aliphatic heterocycles. The summed E-state index contributed by atoms with van der Waals surface area (Å²) < 4.78 is 14.0. The van der Waals surface area contributed by atoms with E-state index in [1.54, 1.807) is 33.8 Å². The molecule has 2 saturated heterocycles. The lowest BCUT2D eigenvalue weighted by atomic mass is 10.0. The van der Waals surface area contributed by atoms with E-state index in [4.69, 9.17) is 0 Å². The second-order valence-corrected chi connectivity index (χ2v) is 7.45. The van der Waals surface area contributed by atoms with Gasteiger partial charge in [-0.3, -0.25) is 18.5 Å². The number of aromatic nitrogens is 2. The van der Waals surface area contributed by atoms with Crippen LogP contribution in [0.5, 0.6) is 0 Å². The highest BCUT2D eigenvalue weighted by Gasteiger charge is 2.51. The van der Waals surface area contributed by atoms with E-state index in [1.807, 2.05) is 6.92 Å². The van der Waals surface area contributed by atoms with Crippen LogP contribution < -0.4 is 0 Å². The van der Waals surface area contributed by atoms with Crippen LogP contribution in [0.1, 0.15) is 30.3 Å². The Labute approximate surface area is 131 Å². The van der Waals surface area contributed by atoms with Crippen LogP contribution in [0.4, 0.5) is 0 Å². The first kappa shape index (κ1) is 15.2. The Balaban J connectivity index is 1.73. The molecule has 0 aliphatic carbocycles. The SMILES string of the molecule is CCn1nccc1C(=O)N1CCC2(CC1)N(C)C(=O)CS2=O. The first-order chi connectivity index (χ1) is 10.5. The first-order valence-corrected chi connectivity index (χ1v) is 8.77. The van der Waals surface area contributed by atoms with E-state index in [9.17, 15) is 13.8 Å². The summed E-state index contributed by atoms with van der Waals surface area (Å²) in [7, 11) is 0.541. The van der Waals surface area contributed by atoms with Gasteiger partial charge in [0.05, 0.1) is 10.8 Å².